The Kier molecular flexibility index (Phi) is 11.5. The molecule has 10 bridgehead atoms. The summed E-state index contributed by atoms with van der Waals surface area (Å²) >= 11 is 0. The van der Waals surface area contributed by atoms with E-state index in [-0.39, 0.29) is 45.1 Å². The van der Waals surface area contributed by atoms with Crippen LogP contribution in [0.2, 0.25) is 0 Å². The van der Waals surface area contributed by atoms with Crippen LogP contribution in [-0.2, 0) is 39.2 Å². The summed E-state index contributed by atoms with van der Waals surface area (Å²) in [6.07, 6.45) is 0.432. The van der Waals surface area contributed by atoms with Gasteiger partial charge in [-0.1, -0.05) is 187 Å². The van der Waals surface area contributed by atoms with Gasteiger partial charge in [0.05, 0.1) is 4.11 Å². The number of benzene rings is 9. The van der Waals surface area contributed by atoms with E-state index < -0.39 is 24.1 Å². The van der Waals surface area contributed by atoms with Gasteiger partial charge < -0.3 is 22.4 Å². The zero-order valence-electron chi connectivity index (χ0n) is 52.0. The molecule has 0 atom stereocenters. The minimum atomic E-state index is -1.77. The summed E-state index contributed by atoms with van der Waals surface area (Å²) in [4.78, 5) is 5.20. The zero-order chi connectivity index (χ0) is 59.4. The molecule has 79 heavy (non-hydrogen) atoms. The molecular formula is C72H61N4O2Pt-3. The maximum atomic E-state index is 9.85. The molecule has 1 aliphatic rings. The Morgan fingerprint density at radius 3 is 2.09 bits per heavy atom. The Morgan fingerprint density at radius 1 is 0.595 bits per heavy atom. The molecule has 394 valence electrons. The second kappa shape index (κ2) is 20.8. The Hall–Kier alpha value is -8.31. The normalized spacial score (nSPS) is 13.6. The molecule has 15 rings (SSSR count). The molecule has 5 aromatic heterocycles. The third-order valence-electron chi connectivity index (χ3n) is 14.3. The Balaban J connectivity index is 0.00000724. The smallest absolute Gasteiger partial charge is 0.135 e. The van der Waals surface area contributed by atoms with Crippen molar-refractivity contribution in [3.63, 3.8) is 0 Å². The number of imidazole rings is 1. The van der Waals surface area contributed by atoms with Gasteiger partial charge in [0.2, 0.25) is 0 Å². The van der Waals surface area contributed by atoms with Crippen LogP contribution in [0.3, 0.4) is 0 Å². The topological polar surface area (TPSA) is 53.4 Å². The molecule has 0 saturated heterocycles. The van der Waals surface area contributed by atoms with E-state index >= 15 is 0 Å². The van der Waals surface area contributed by atoms with Crippen LogP contribution >= 0.6 is 0 Å². The van der Waals surface area contributed by atoms with Crippen LogP contribution in [0.5, 0.6) is 0 Å². The summed E-state index contributed by atoms with van der Waals surface area (Å²) in [5, 5.41) is 4.32. The monoisotopic (exact) mass is 1220 g/mol. The van der Waals surface area contributed by atoms with Crippen molar-refractivity contribution in [3.8, 4) is 33.6 Å². The fourth-order valence-corrected chi connectivity index (χ4v) is 10.9. The van der Waals surface area contributed by atoms with Gasteiger partial charge in [-0.05, 0) is 132 Å². The van der Waals surface area contributed by atoms with Crippen molar-refractivity contribution in [1.82, 2.24) is 18.5 Å². The fourth-order valence-electron chi connectivity index (χ4n) is 10.9. The number of hydrogen-bond acceptors (Lipinski definition) is 3. The largest absolute Gasteiger partial charge is 0.510 e. The van der Waals surface area contributed by atoms with Crippen molar-refractivity contribution in [2.45, 2.75) is 66.6 Å². The van der Waals surface area contributed by atoms with Gasteiger partial charge in [-0.15, -0.1) is 29.1 Å². The third kappa shape index (κ3) is 9.78. The summed E-state index contributed by atoms with van der Waals surface area (Å²) in [7, 11) is 0. The van der Waals surface area contributed by atoms with E-state index in [9.17, 15) is 9.60 Å². The molecule has 0 saturated carbocycles. The van der Waals surface area contributed by atoms with Crippen LogP contribution < -0.4 is 0 Å². The summed E-state index contributed by atoms with van der Waals surface area (Å²) < 4.78 is 86.6. The molecule has 0 N–H and O–H groups in total. The molecule has 6 nitrogen and oxygen atoms in total. The van der Waals surface area contributed by atoms with Crippen LogP contribution in [0.25, 0.3) is 116 Å². The average Bonchev–Trinajstić information content (AvgIpc) is 1.62. The van der Waals surface area contributed by atoms with Crippen LogP contribution in [0.15, 0.2) is 215 Å². The van der Waals surface area contributed by atoms with Crippen molar-refractivity contribution >= 4 is 82.4 Å². The predicted octanol–water partition coefficient (Wildman–Crippen LogP) is 19.3. The summed E-state index contributed by atoms with van der Waals surface area (Å²) in [5.74, 6) is -0.714. The van der Waals surface area contributed by atoms with Crippen LogP contribution in [0, 0.1) is 24.0 Å². The van der Waals surface area contributed by atoms with Gasteiger partial charge in [-0.2, -0.15) is 24.3 Å². The van der Waals surface area contributed by atoms with Gasteiger partial charge in [0.15, 0.2) is 0 Å². The molecule has 6 heterocycles. The second-order valence-electron chi connectivity index (χ2n) is 21.7. The first kappa shape index (κ1) is 43.6. The third-order valence-corrected chi connectivity index (χ3v) is 14.3. The zero-order valence-corrected chi connectivity index (χ0v) is 47.2. The van der Waals surface area contributed by atoms with E-state index in [2.05, 4.69) is 48.1 Å². The number of nitrogens with zero attached hydrogens (tertiary/aromatic N) is 4. The van der Waals surface area contributed by atoms with E-state index in [0.29, 0.717) is 83.1 Å². The van der Waals surface area contributed by atoms with Gasteiger partial charge in [0.1, 0.15) is 16.8 Å². The summed E-state index contributed by atoms with van der Waals surface area (Å²) in [5.41, 5.74) is 10.3. The van der Waals surface area contributed by atoms with Gasteiger partial charge in [-0.25, -0.2) is 4.98 Å². The molecule has 14 aromatic rings. The SMILES string of the molecule is [2H]c1c(-c2ccccc2)c([2H])c2c3ccc4[c-]c3n(c3cc(C(C)(C)C)c(cn3)c3ccccc3oc3ccc(cc3)c3cc(C([2H])([2H])C(C)C)cc(-c5cccc(C([2H])([2H])C(C)C)c5)c3n3[cH-]n(c5[c-]c(ccc5)o4)-c4ccccc4-3)c2c1[2H].[Pt]. The Bertz CT molecular complexity index is 4990. The number of pyridine rings is 1. The van der Waals surface area contributed by atoms with Crippen molar-refractivity contribution in [1.29, 1.82) is 0 Å². The first-order valence-corrected chi connectivity index (χ1v) is 26.7. The Morgan fingerprint density at radius 2 is 1.30 bits per heavy atom. The molecule has 0 aliphatic carbocycles. The molecule has 0 fully saturated rings. The van der Waals surface area contributed by atoms with E-state index in [1.54, 1.807) is 0 Å². The van der Waals surface area contributed by atoms with Crippen LogP contribution in [0.4, 0.5) is 0 Å². The average molecular weight is 1220 g/mol. The van der Waals surface area contributed by atoms with Crippen molar-refractivity contribution < 1.29 is 39.5 Å². The molecular weight excluding hydrogens is 1150 g/mol. The molecule has 1 aliphatic heterocycles. The maximum Gasteiger partial charge on any atom is 0.135 e. The van der Waals surface area contributed by atoms with Gasteiger partial charge in [-0.3, -0.25) is 0 Å². The summed E-state index contributed by atoms with van der Waals surface area (Å²) in [6.45, 7) is 14.0. The van der Waals surface area contributed by atoms with E-state index in [0.717, 1.165) is 49.6 Å². The first-order valence-electron chi connectivity index (χ1n) is 30.2. The number of aromatic nitrogens is 4. The quantitative estimate of drug-likeness (QED) is 0.156. The van der Waals surface area contributed by atoms with Crippen molar-refractivity contribution in [2.75, 3.05) is 0 Å². The summed E-state index contributed by atoms with van der Waals surface area (Å²) in [6, 6.07) is 63.3. The number of hydrogen-bond donors (Lipinski definition) is 0. The van der Waals surface area contributed by atoms with Crippen molar-refractivity contribution in [2.24, 2.45) is 11.8 Å². The minimum absolute atomic E-state index is 0. The molecule has 0 spiro atoms. The Labute approximate surface area is 485 Å². The second-order valence-corrected chi connectivity index (χ2v) is 21.7. The standard InChI is InChI=1S/C72H61N4O2.Pt/c1-46(2)35-48-17-15-20-53(37-48)61-39-49(36-47(3)4)38-60-51-27-30-55(31-28-51)78-69-26-14-11-23-59(69)63-44-73-70(43-64(63)72(5,6)7)76-65-34-29-52(50-18-9-8-10-19-50)40-62(65)58-33-32-57(42-68(58)76)77-56-22-16-21-54(41-56)74-45-75(71(60)61)67-25-13-12-24-66(67)74;/h8-34,37-40,43-47H,35-36H2,1-7H3;/q-3;/i29D,34D,35D2,36D2,40D;. The van der Waals surface area contributed by atoms with E-state index in [1.807, 2.05) is 214 Å². The van der Waals surface area contributed by atoms with Crippen LogP contribution in [0.1, 0.15) is 74.8 Å². The fraction of sp³-hybridized carbons (Fsp3) is 0.167. The molecule has 0 unspecified atom stereocenters. The number of rotatable bonds is 6. The van der Waals surface area contributed by atoms with Gasteiger partial charge in [0, 0.05) is 66.5 Å². The van der Waals surface area contributed by atoms with Crippen molar-refractivity contribution in [3.05, 3.63) is 235 Å². The molecule has 9 aromatic carbocycles. The first-order chi connectivity index (χ1) is 40.7. The number of para-hydroxylation sites is 3. The van der Waals surface area contributed by atoms with E-state index in [1.165, 1.54) is 0 Å². The maximum absolute atomic E-state index is 9.85. The van der Waals surface area contributed by atoms with E-state index in [4.69, 9.17) is 13.8 Å². The number of fused-ring (bicyclic) bond motifs is 5. The molecule has 0 radical (unpaired) electrons. The van der Waals surface area contributed by atoms with Gasteiger partial charge >= 0.3 is 0 Å². The molecule has 7 heteroatoms. The van der Waals surface area contributed by atoms with Crippen LogP contribution in [-0.4, -0.2) is 18.5 Å². The van der Waals surface area contributed by atoms with Gasteiger partial charge in [0.25, 0.3) is 0 Å². The molecule has 0 amide bonds. The predicted molar refractivity (Wildman–Crippen MR) is 325 cm³/mol. The minimum Gasteiger partial charge on any atom is -0.510 e.